The lowest BCUT2D eigenvalue weighted by Crippen LogP contribution is -2.30. The van der Waals surface area contributed by atoms with Crippen molar-refractivity contribution in [3.63, 3.8) is 0 Å². The second-order valence-corrected chi connectivity index (χ2v) is 5.32. The van der Waals surface area contributed by atoms with Gasteiger partial charge in [0, 0.05) is 17.3 Å². The number of nitrogen functional groups attached to an aromatic ring is 1. The Labute approximate surface area is 123 Å². The van der Waals surface area contributed by atoms with Crippen LogP contribution >= 0.6 is 11.6 Å². The normalized spacial score (nSPS) is 10.4. The molecule has 110 valence electrons. The largest absolute Gasteiger partial charge is 0.452 e. The van der Waals surface area contributed by atoms with Crippen molar-refractivity contribution in [2.24, 2.45) is 5.92 Å². The van der Waals surface area contributed by atoms with E-state index < -0.39 is 5.97 Å². The standard InChI is InChI=1S/C14H19ClN2O3/c1-9(2)3-4-17-13(18)8-20-14(19)10-5-11(15)7-12(16)6-10/h5-7,9H,3-4,8,16H2,1-2H3,(H,17,18). The van der Waals surface area contributed by atoms with Gasteiger partial charge >= 0.3 is 5.97 Å². The number of halogens is 1. The van der Waals surface area contributed by atoms with E-state index in [4.69, 9.17) is 22.1 Å². The second kappa shape index (κ2) is 7.75. The first-order valence-electron chi connectivity index (χ1n) is 6.38. The number of anilines is 1. The minimum absolute atomic E-state index is 0.227. The molecule has 1 amide bonds. The Bertz CT molecular complexity index is 469. The maximum Gasteiger partial charge on any atom is 0.338 e. The lowest BCUT2D eigenvalue weighted by Gasteiger charge is -2.08. The van der Waals surface area contributed by atoms with E-state index in [1.165, 1.54) is 18.2 Å². The van der Waals surface area contributed by atoms with E-state index in [1.54, 1.807) is 0 Å². The molecule has 1 rings (SSSR count). The van der Waals surface area contributed by atoms with E-state index in [1.807, 2.05) is 0 Å². The van der Waals surface area contributed by atoms with Crippen molar-refractivity contribution >= 4 is 29.2 Å². The van der Waals surface area contributed by atoms with Crippen molar-refractivity contribution in [3.8, 4) is 0 Å². The summed E-state index contributed by atoms with van der Waals surface area (Å²) >= 11 is 5.79. The smallest absolute Gasteiger partial charge is 0.338 e. The number of amides is 1. The number of hydrogen-bond acceptors (Lipinski definition) is 4. The minimum Gasteiger partial charge on any atom is -0.452 e. The summed E-state index contributed by atoms with van der Waals surface area (Å²) in [5.74, 6) is -0.445. The summed E-state index contributed by atoms with van der Waals surface area (Å²) in [6.45, 7) is 4.38. The van der Waals surface area contributed by atoms with Gasteiger partial charge in [-0.25, -0.2) is 4.79 Å². The molecule has 0 aliphatic heterocycles. The quantitative estimate of drug-likeness (QED) is 0.623. The van der Waals surface area contributed by atoms with E-state index in [0.29, 0.717) is 23.2 Å². The molecular formula is C14H19ClN2O3. The topological polar surface area (TPSA) is 81.4 Å². The molecule has 20 heavy (non-hydrogen) atoms. The van der Waals surface area contributed by atoms with Crippen molar-refractivity contribution < 1.29 is 14.3 Å². The van der Waals surface area contributed by atoms with Crippen LogP contribution in [0, 0.1) is 5.92 Å². The van der Waals surface area contributed by atoms with Gasteiger partial charge in [0.05, 0.1) is 5.56 Å². The molecule has 0 saturated carbocycles. The van der Waals surface area contributed by atoms with E-state index in [0.717, 1.165) is 6.42 Å². The number of nitrogens with two attached hydrogens (primary N) is 1. The first kappa shape index (κ1) is 16.3. The fraction of sp³-hybridized carbons (Fsp3) is 0.429. The average Bonchev–Trinajstić information content (AvgIpc) is 2.34. The molecule has 0 heterocycles. The summed E-state index contributed by atoms with van der Waals surface area (Å²) in [6.07, 6.45) is 0.879. The summed E-state index contributed by atoms with van der Waals surface area (Å²) in [7, 11) is 0. The van der Waals surface area contributed by atoms with Gasteiger partial charge in [-0.15, -0.1) is 0 Å². The molecule has 0 aromatic heterocycles. The van der Waals surface area contributed by atoms with E-state index in [9.17, 15) is 9.59 Å². The van der Waals surface area contributed by atoms with Crippen LogP contribution in [0.1, 0.15) is 30.6 Å². The molecule has 0 spiro atoms. The Hall–Kier alpha value is -1.75. The Morgan fingerprint density at radius 2 is 2.05 bits per heavy atom. The number of benzene rings is 1. The van der Waals surface area contributed by atoms with Gasteiger partial charge in [-0.2, -0.15) is 0 Å². The number of carbonyl (C=O) groups excluding carboxylic acids is 2. The Balaban J connectivity index is 2.41. The highest BCUT2D eigenvalue weighted by molar-refractivity contribution is 6.31. The Morgan fingerprint density at radius 3 is 2.65 bits per heavy atom. The summed E-state index contributed by atoms with van der Waals surface area (Å²) in [6, 6.07) is 4.42. The van der Waals surface area contributed by atoms with Crippen molar-refractivity contribution in [1.29, 1.82) is 0 Å². The Kier molecular flexibility index (Phi) is 6.31. The molecule has 1 aromatic rings. The van der Waals surface area contributed by atoms with Crippen molar-refractivity contribution in [3.05, 3.63) is 28.8 Å². The zero-order valence-electron chi connectivity index (χ0n) is 11.6. The maximum atomic E-state index is 11.7. The SMILES string of the molecule is CC(C)CCNC(=O)COC(=O)c1cc(N)cc(Cl)c1. The average molecular weight is 299 g/mol. The van der Waals surface area contributed by atoms with Crippen LogP contribution in [-0.4, -0.2) is 25.0 Å². The van der Waals surface area contributed by atoms with Gasteiger partial charge < -0.3 is 15.8 Å². The van der Waals surface area contributed by atoms with Crippen LogP contribution in [0.25, 0.3) is 0 Å². The fourth-order valence-electron chi connectivity index (χ4n) is 1.50. The second-order valence-electron chi connectivity index (χ2n) is 4.88. The molecule has 1 aromatic carbocycles. The van der Waals surface area contributed by atoms with Gasteiger partial charge in [-0.3, -0.25) is 4.79 Å². The predicted octanol–water partition coefficient (Wildman–Crippen LogP) is 2.24. The molecular weight excluding hydrogens is 280 g/mol. The fourth-order valence-corrected chi connectivity index (χ4v) is 1.74. The maximum absolute atomic E-state index is 11.7. The summed E-state index contributed by atoms with van der Waals surface area (Å²) in [5, 5.41) is 3.02. The summed E-state index contributed by atoms with van der Waals surface area (Å²) in [4.78, 5) is 23.2. The van der Waals surface area contributed by atoms with Gasteiger partial charge in [0.15, 0.2) is 6.61 Å². The molecule has 0 radical (unpaired) electrons. The van der Waals surface area contributed by atoms with Crippen LogP contribution in [0.15, 0.2) is 18.2 Å². The third kappa shape index (κ3) is 5.93. The Morgan fingerprint density at radius 1 is 1.35 bits per heavy atom. The number of ether oxygens (including phenoxy) is 1. The van der Waals surface area contributed by atoms with Gasteiger partial charge in [0.1, 0.15) is 0 Å². The van der Waals surface area contributed by atoms with Gasteiger partial charge in [0.25, 0.3) is 5.91 Å². The molecule has 5 nitrogen and oxygen atoms in total. The zero-order valence-corrected chi connectivity index (χ0v) is 12.4. The van der Waals surface area contributed by atoms with Crippen LogP contribution in [-0.2, 0) is 9.53 Å². The number of nitrogens with one attached hydrogen (secondary N) is 1. The van der Waals surface area contributed by atoms with Crippen LogP contribution in [0.4, 0.5) is 5.69 Å². The first-order valence-corrected chi connectivity index (χ1v) is 6.76. The third-order valence-electron chi connectivity index (χ3n) is 2.53. The lowest BCUT2D eigenvalue weighted by atomic mass is 10.1. The molecule has 0 saturated heterocycles. The minimum atomic E-state index is -0.627. The summed E-state index contributed by atoms with van der Waals surface area (Å²) in [5.41, 5.74) is 6.17. The highest BCUT2D eigenvalue weighted by Crippen LogP contribution is 2.17. The van der Waals surface area contributed by atoms with Crippen LogP contribution in [0.2, 0.25) is 5.02 Å². The van der Waals surface area contributed by atoms with Crippen molar-refractivity contribution in [2.75, 3.05) is 18.9 Å². The van der Waals surface area contributed by atoms with Gasteiger partial charge in [-0.05, 0) is 30.5 Å². The van der Waals surface area contributed by atoms with Crippen LogP contribution < -0.4 is 11.1 Å². The number of rotatable bonds is 6. The molecule has 0 fully saturated rings. The molecule has 3 N–H and O–H groups in total. The monoisotopic (exact) mass is 298 g/mol. The first-order chi connectivity index (χ1) is 9.38. The summed E-state index contributed by atoms with van der Waals surface area (Å²) < 4.78 is 4.89. The highest BCUT2D eigenvalue weighted by Gasteiger charge is 2.11. The number of hydrogen-bond donors (Lipinski definition) is 2. The number of esters is 1. The van der Waals surface area contributed by atoms with Crippen LogP contribution in [0.5, 0.6) is 0 Å². The molecule has 0 atom stereocenters. The van der Waals surface area contributed by atoms with Gasteiger partial charge in [-0.1, -0.05) is 25.4 Å². The van der Waals surface area contributed by atoms with Gasteiger partial charge in [0.2, 0.25) is 0 Å². The van der Waals surface area contributed by atoms with E-state index >= 15 is 0 Å². The zero-order chi connectivity index (χ0) is 15.1. The molecule has 6 heteroatoms. The molecule has 0 aliphatic carbocycles. The highest BCUT2D eigenvalue weighted by atomic mass is 35.5. The van der Waals surface area contributed by atoms with Crippen molar-refractivity contribution in [2.45, 2.75) is 20.3 Å². The lowest BCUT2D eigenvalue weighted by molar-refractivity contribution is -0.124. The van der Waals surface area contributed by atoms with Crippen LogP contribution in [0.3, 0.4) is 0 Å². The predicted molar refractivity (Wildman–Crippen MR) is 78.6 cm³/mol. The number of carbonyl (C=O) groups is 2. The van der Waals surface area contributed by atoms with Crippen molar-refractivity contribution in [1.82, 2.24) is 5.32 Å². The third-order valence-corrected chi connectivity index (χ3v) is 2.75. The molecule has 0 unspecified atom stereocenters. The van der Waals surface area contributed by atoms with E-state index in [-0.39, 0.29) is 18.1 Å². The molecule has 0 bridgehead atoms. The molecule has 0 aliphatic rings. The van der Waals surface area contributed by atoms with E-state index in [2.05, 4.69) is 19.2 Å².